The van der Waals surface area contributed by atoms with Gasteiger partial charge in [-0.05, 0) is 68.2 Å². The van der Waals surface area contributed by atoms with Crippen LogP contribution < -0.4 is 9.47 Å². The smallest absolute Gasteiger partial charge is 0.263 e. The van der Waals surface area contributed by atoms with Crippen molar-refractivity contribution in [2.75, 3.05) is 11.4 Å². The number of anilines is 1. The van der Waals surface area contributed by atoms with E-state index >= 15 is 0 Å². The van der Waals surface area contributed by atoms with Crippen LogP contribution in [-0.4, -0.2) is 6.54 Å². The number of fused-ring (bicyclic) bond motifs is 2. The molecular formula is C28H35N2S2+. The van der Waals surface area contributed by atoms with Crippen LogP contribution in [0.5, 0.6) is 0 Å². The van der Waals surface area contributed by atoms with E-state index in [-0.39, 0.29) is 0 Å². The Kier molecular flexibility index (Phi) is 7.42. The van der Waals surface area contributed by atoms with Crippen molar-refractivity contribution in [3.05, 3.63) is 69.2 Å². The number of thioether (sulfide) groups is 1. The van der Waals surface area contributed by atoms with E-state index in [0.29, 0.717) is 0 Å². The molecule has 0 unspecified atom stereocenters. The lowest BCUT2D eigenvalue weighted by molar-refractivity contribution is -0.669. The van der Waals surface area contributed by atoms with Gasteiger partial charge < -0.3 is 4.90 Å². The number of unbranched alkanes of at least 4 members (excludes halogenated alkanes) is 2. The molecule has 1 aliphatic heterocycles. The second-order valence-electron chi connectivity index (χ2n) is 8.87. The number of aryl methyl sites for hydroxylation is 3. The van der Waals surface area contributed by atoms with Crippen molar-refractivity contribution < 1.29 is 4.57 Å². The minimum Gasteiger partial charge on any atom is -0.335 e. The number of thiazole rings is 1. The first-order valence-corrected chi connectivity index (χ1v) is 13.5. The molecule has 168 valence electrons. The predicted molar refractivity (Wildman–Crippen MR) is 143 cm³/mol. The van der Waals surface area contributed by atoms with Crippen LogP contribution >= 0.6 is 23.1 Å². The summed E-state index contributed by atoms with van der Waals surface area (Å²) in [7, 11) is 0. The fraction of sp³-hybridized carbons (Fsp3) is 0.393. The first-order chi connectivity index (χ1) is 15.5. The lowest BCUT2D eigenvalue weighted by atomic mass is 10.2. The molecule has 0 spiro atoms. The summed E-state index contributed by atoms with van der Waals surface area (Å²) in [4.78, 5) is 3.90. The van der Waals surface area contributed by atoms with Crippen LogP contribution in [0, 0.1) is 13.8 Å². The van der Waals surface area contributed by atoms with Gasteiger partial charge in [-0.2, -0.15) is 4.57 Å². The summed E-state index contributed by atoms with van der Waals surface area (Å²) in [5.41, 5.74) is 6.70. The molecule has 0 aliphatic carbocycles. The van der Waals surface area contributed by atoms with Crippen molar-refractivity contribution in [1.82, 2.24) is 0 Å². The highest BCUT2D eigenvalue weighted by Crippen LogP contribution is 2.46. The normalized spacial score (nSPS) is 15.2. The number of allylic oxidation sites excluding steroid dienone is 2. The molecule has 0 radical (unpaired) electrons. The van der Waals surface area contributed by atoms with Crippen molar-refractivity contribution in [2.45, 2.75) is 71.7 Å². The van der Waals surface area contributed by atoms with Gasteiger partial charge in [-0.1, -0.05) is 61.9 Å². The standard InChI is InChI=1S/C28H35N2S2/c1-6-8-14-29-23-12-10-20(3)16-25(23)31-27(29)18-22(5)19-28-30(15-9-7-2)24-13-11-21(4)17-26(24)32-28/h10-13,16-19H,6-9,14-15H2,1-5H3/q+1. The number of rotatable bonds is 8. The Hall–Kier alpha value is -2.04. The molecule has 0 atom stereocenters. The summed E-state index contributed by atoms with van der Waals surface area (Å²) in [5.74, 6) is 0. The Morgan fingerprint density at radius 3 is 2.53 bits per heavy atom. The van der Waals surface area contributed by atoms with Crippen LogP contribution in [0.25, 0.3) is 16.3 Å². The van der Waals surface area contributed by atoms with Crippen molar-refractivity contribution in [1.29, 1.82) is 0 Å². The van der Waals surface area contributed by atoms with Gasteiger partial charge in [0.05, 0.1) is 10.7 Å². The van der Waals surface area contributed by atoms with Crippen LogP contribution in [0.4, 0.5) is 5.69 Å². The van der Waals surface area contributed by atoms with Crippen LogP contribution in [0.1, 0.15) is 62.6 Å². The van der Waals surface area contributed by atoms with Gasteiger partial charge in [-0.3, -0.25) is 0 Å². The lowest BCUT2D eigenvalue weighted by Gasteiger charge is -2.20. The maximum atomic E-state index is 2.51. The van der Waals surface area contributed by atoms with Gasteiger partial charge >= 0.3 is 0 Å². The van der Waals surface area contributed by atoms with Crippen molar-refractivity contribution in [3.63, 3.8) is 0 Å². The summed E-state index contributed by atoms with van der Waals surface area (Å²) in [6.07, 6.45) is 9.61. The Morgan fingerprint density at radius 1 is 1.00 bits per heavy atom. The highest BCUT2D eigenvalue weighted by molar-refractivity contribution is 8.03. The van der Waals surface area contributed by atoms with Gasteiger partial charge in [-0.25, -0.2) is 0 Å². The second-order valence-corrected chi connectivity index (χ2v) is 11.0. The average Bonchev–Trinajstić information content (AvgIpc) is 3.26. The Labute approximate surface area is 201 Å². The SMILES string of the molecule is CCCCN1C(=CC(C)=Cc2sc3cc(C)ccc3[n+]2CCCC)Sc2cc(C)ccc21. The zero-order valence-electron chi connectivity index (χ0n) is 20.1. The van der Waals surface area contributed by atoms with Gasteiger partial charge in [0.1, 0.15) is 4.70 Å². The van der Waals surface area contributed by atoms with Crippen LogP contribution in [0.15, 0.2) is 58.0 Å². The van der Waals surface area contributed by atoms with E-state index in [1.54, 1.807) is 0 Å². The van der Waals surface area contributed by atoms with E-state index in [1.807, 2.05) is 23.1 Å². The van der Waals surface area contributed by atoms with E-state index in [4.69, 9.17) is 0 Å². The van der Waals surface area contributed by atoms with Crippen LogP contribution in [0.3, 0.4) is 0 Å². The van der Waals surface area contributed by atoms with Gasteiger partial charge in [0.2, 0.25) is 5.52 Å². The number of hydrogen-bond donors (Lipinski definition) is 0. The van der Waals surface area contributed by atoms with Gasteiger partial charge in [-0.15, -0.1) is 0 Å². The van der Waals surface area contributed by atoms with E-state index in [9.17, 15) is 0 Å². The fourth-order valence-electron chi connectivity index (χ4n) is 4.16. The molecule has 2 aromatic carbocycles. The van der Waals surface area contributed by atoms with Crippen molar-refractivity contribution >= 4 is 45.1 Å². The third-order valence-corrected chi connectivity index (χ3v) is 8.13. The quantitative estimate of drug-likeness (QED) is 0.310. The highest BCUT2D eigenvalue weighted by Gasteiger charge is 2.25. The lowest BCUT2D eigenvalue weighted by Crippen LogP contribution is -2.35. The molecule has 2 heterocycles. The molecule has 1 aliphatic rings. The molecule has 0 saturated carbocycles. The minimum atomic E-state index is 1.08. The van der Waals surface area contributed by atoms with E-state index in [1.165, 1.54) is 73.2 Å². The highest BCUT2D eigenvalue weighted by atomic mass is 32.2. The third-order valence-electron chi connectivity index (χ3n) is 5.95. The number of aromatic nitrogens is 1. The van der Waals surface area contributed by atoms with E-state index in [2.05, 4.69) is 92.6 Å². The number of nitrogens with zero attached hydrogens (tertiary/aromatic N) is 2. The Morgan fingerprint density at radius 2 is 1.75 bits per heavy atom. The van der Waals surface area contributed by atoms with Gasteiger partial charge in [0, 0.05) is 30.0 Å². The first-order valence-electron chi connectivity index (χ1n) is 11.9. The van der Waals surface area contributed by atoms with E-state index in [0.717, 1.165) is 13.1 Å². The summed E-state index contributed by atoms with van der Waals surface area (Å²) in [6.45, 7) is 13.3. The van der Waals surface area contributed by atoms with E-state index < -0.39 is 0 Å². The maximum absolute atomic E-state index is 2.51. The Bertz CT molecular complexity index is 1170. The molecule has 0 N–H and O–H groups in total. The topological polar surface area (TPSA) is 7.12 Å². The molecule has 1 aromatic heterocycles. The molecule has 32 heavy (non-hydrogen) atoms. The largest absolute Gasteiger partial charge is 0.335 e. The fourth-order valence-corrected chi connectivity index (χ4v) is 6.76. The summed E-state index contributed by atoms with van der Waals surface area (Å²) >= 11 is 3.83. The molecular weight excluding hydrogens is 428 g/mol. The molecule has 0 saturated heterocycles. The molecule has 4 heteroatoms. The average molecular weight is 464 g/mol. The zero-order valence-corrected chi connectivity index (χ0v) is 21.7. The summed E-state index contributed by atoms with van der Waals surface area (Å²) in [6, 6.07) is 13.7. The van der Waals surface area contributed by atoms with Crippen LogP contribution in [0.2, 0.25) is 0 Å². The molecule has 0 amide bonds. The summed E-state index contributed by atoms with van der Waals surface area (Å²) in [5, 5.41) is 2.70. The van der Waals surface area contributed by atoms with Gasteiger partial charge in [0.15, 0.2) is 6.54 Å². The second kappa shape index (κ2) is 10.3. The number of hydrogen-bond acceptors (Lipinski definition) is 3. The maximum Gasteiger partial charge on any atom is 0.263 e. The Balaban J connectivity index is 1.70. The first kappa shape index (κ1) is 23.1. The summed E-state index contributed by atoms with van der Waals surface area (Å²) < 4.78 is 3.90. The number of benzene rings is 2. The van der Waals surface area contributed by atoms with Gasteiger partial charge in [0.25, 0.3) is 5.01 Å². The monoisotopic (exact) mass is 463 g/mol. The minimum absolute atomic E-state index is 1.08. The third kappa shape index (κ3) is 4.97. The van der Waals surface area contributed by atoms with Crippen LogP contribution in [-0.2, 0) is 6.54 Å². The van der Waals surface area contributed by atoms with Crippen molar-refractivity contribution in [3.8, 4) is 0 Å². The molecule has 3 aromatic rings. The van der Waals surface area contributed by atoms with Crippen molar-refractivity contribution in [2.24, 2.45) is 0 Å². The predicted octanol–water partition coefficient (Wildman–Crippen LogP) is 8.26. The molecule has 4 rings (SSSR count). The molecule has 0 fully saturated rings. The molecule has 0 bridgehead atoms. The molecule has 2 nitrogen and oxygen atoms in total. The zero-order chi connectivity index (χ0) is 22.7.